The van der Waals surface area contributed by atoms with E-state index in [0.29, 0.717) is 32.8 Å². The summed E-state index contributed by atoms with van der Waals surface area (Å²) in [5, 5.41) is 3.06. The van der Waals surface area contributed by atoms with Crippen molar-refractivity contribution in [2.24, 2.45) is 0 Å². The lowest BCUT2D eigenvalue weighted by Gasteiger charge is -2.38. The van der Waals surface area contributed by atoms with Crippen LogP contribution in [0.1, 0.15) is 44.2 Å². The largest absolute Gasteiger partial charge is 0.381 e. The van der Waals surface area contributed by atoms with Gasteiger partial charge in [0.1, 0.15) is 6.04 Å². The number of unbranched alkanes of at least 4 members (excludes halogenated alkanes) is 1. The molecule has 0 aliphatic carbocycles. The number of nitrogens with one attached hydrogen (secondary N) is 1. The van der Waals surface area contributed by atoms with Crippen LogP contribution in [0.25, 0.3) is 0 Å². The van der Waals surface area contributed by atoms with E-state index in [1.807, 2.05) is 30.3 Å². The summed E-state index contributed by atoms with van der Waals surface area (Å²) < 4.78 is 5.35. The Balaban J connectivity index is 1.78. The molecule has 0 aromatic heterocycles. The zero-order chi connectivity index (χ0) is 19.9. The van der Waals surface area contributed by atoms with Crippen LogP contribution in [0, 0.1) is 0 Å². The summed E-state index contributed by atoms with van der Waals surface area (Å²) in [7, 11) is 0. The number of nitrogens with zero attached hydrogens (tertiary/aromatic N) is 2. The number of rotatable bonds is 7. The van der Waals surface area contributed by atoms with Gasteiger partial charge in [-0.25, -0.2) is 0 Å². The predicted octanol–water partition coefficient (Wildman–Crippen LogP) is 1.49. The van der Waals surface area contributed by atoms with Crippen molar-refractivity contribution >= 4 is 17.7 Å². The van der Waals surface area contributed by atoms with Crippen LogP contribution < -0.4 is 5.32 Å². The molecule has 3 amide bonds. The van der Waals surface area contributed by atoms with Gasteiger partial charge in [-0.3, -0.25) is 14.4 Å². The molecule has 2 aliphatic heterocycles. The molecule has 1 aromatic rings. The van der Waals surface area contributed by atoms with Crippen molar-refractivity contribution in [3.05, 3.63) is 35.9 Å². The van der Waals surface area contributed by atoms with E-state index in [0.717, 1.165) is 31.2 Å². The molecule has 0 spiro atoms. The van der Waals surface area contributed by atoms with E-state index >= 15 is 0 Å². The number of carbonyl (C=O) groups is 3. The van der Waals surface area contributed by atoms with E-state index in [9.17, 15) is 14.4 Å². The monoisotopic (exact) mass is 387 g/mol. The van der Waals surface area contributed by atoms with Gasteiger partial charge < -0.3 is 19.9 Å². The van der Waals surface area contributed by atoms with Crippen LogP contribution in [0.2, 0.25) is 0 Å². The molecule has 2 heterocycles. The van der Waals surface area contributed by atoms with Crippen LogP contribution >= 0.6 is 0 Å². The molecule has 1 unspecified atom stereocenters. The van der Waals surface area contributed by atoms with Gasteiger partial charge in [0.25, 0.3) is 0 Å². The Hall–Kier alpha value is -2.41. The van der Waals surface area contributed by atoms with Gasteiger partial charge in [-0.2, -0.15) is 0 Å². The van der Waals surface area contributed by atoms with Crippen molar-refractivity contribution < 1.29 is 19.1 Å². The van der Waals surface area contributed by atoms with Gasteiger partial charge in [0.05, 0.1) is 0 Å². The SMILES string of the molecule is CCCCN1CCN(C(C(=O)NC2CCOCC2)c2ccccc2)C(=O)C1=O. The predicted molar refractivity (Wildman–Crippen MR) is 104 cm³/mol. The molecule has 2 fully saturated rings. The maximum atomic E-state index is 13.1. The Morgan fingerprint density at radius 1 is 1.14 bits per heavy atom. The number of hydrogen-bond donors (Lipinski definition) is 1. The third-order valence-electron chi connectivity index (χ3n) is 5.37. The molecule has 1 N–H and O–H groups in total. The second-order valence-corrected chi connectivity index (χ2v) is 7.35. The number of piperazine rings is 1. The summed E-state index contributed by atoms with van der Waals surface area (Å²) in [4.78, 5) is 41.6. The van der Waals surface area contributed by atoms with Crippen molar-refractivity contribution in [3.63, 3.8) is 0 Å². The van der Waals surface area contributed by atoms with Gasteiger partial charge >= 0.3 is 11.8 Å². The highest BCUT2D eigenvalue weighted by Gasteiger charge is 2.40. The molecule has 0 radical (unpaired) electrons. The van der Waals surface area contributed by atoms with Crippen LogP contribution in [-0.4, -0.2) is 66.4 Å². The first-order valence-corrected chi connectivity index (χ1v) is 10.1. The Morgan fingerprint density at radius 2 is 1.86 bits per heavy atom. The van der Waals surface area contributed by atoms with Gasteiger partial charge in [0, 0.05) is 38.9 Å². The van der Waals surface area contributed by atoms with Gasteiger partial charge in [-0.15, -0.1) is 0 Å². The van der Waals surface area contributed by atoms with E-state index in [-0.39, 0.29) is 11.9 Å². The first-order chi connectivity index (χ1) is 13.6. The van der Waals surface area contributed by atoms with Crippen LogP contribution in [0.4, 0.5) is 0 Å². The van der Waals surface area contributed by atoms with Gasteiger partial charge in [0.2, 0.25) is 5.91 Å². The minimum atomic E-state index is -0.797. The molecule has 7 heteroatoms. The van der Waals surface area contributed by atoms with E-state index in [1.165, 1.54) is 4.90 Å². The van der Waals surface area contributed by atoms with Crippen molar-refractivity contribution in [2.75, 3.05) is 32.8 Å². The molecule has 1 aromatic carbocycles. The third-order valence-corrected chi connectivity index (χ3v) is 5.37. The summed E-state index contributed by atoms with van der Waals surface area (Å²) >= 11 is 0. The molecule has 2 aliphatic rings. The van der Waals surface area contributed by atoms with Crippen molar-refractivity contribution in [1.29, 1.82) is 0 Å². The highest BCUT2D eigenvalue weighted by Crippen LogP contribution is 2.24. The van der Waals surface area contributed by atoms with Gasteiger partial charge in [-0.1, -0.05) is 43.7 Å². The lowest BCUT2D eigenvalue weighted by atomic mass is 10.0. The van der Waals surface area contributed by atoms with Crippen molar-refractivity contribution in [3.8, 4) is 0 Å². The lowest BCUT2D eigenvalue weighted by molar-refractivity contribution is -0.159. The quantitative estimate of drug-likeness (QED) is 0.719. The molecule has 2 saturated heterocycles. The van der Waals surface area contributed by atoms with E-state index < -0.39 is 17.9 Å². The van der Waals surface area contributed by atoms with Crippen molar-refractivity contribution in [2.45, 2.75) is 44.7 Å². The fourth-order valence-corrected chi connectivity index (χ4v) is 3.73. The number of hydrogen-bond acceptors (Lipinski definition) is 4. The number of ether oxygens (including phenoxy) is 1. The summed E-state index contributed by atoms with van der Waals surface area (Å²) in [5.41, 5.74) is 0.718. The Labute approximate surface area is 166 Å². The Kier molecular flexibility index (Phi) is 7.03. The molecule has 152 valence electrons. The van der Waals surface area contributed by atoms with Crippen LogP contribution in [0.3, 0.4) is 0 Å². The third kappa shape index (κ3) is 4.70. The number of carbonyl (C=O) groups excluding carboxylic acids is 3. The maximum Gasteiger partial charge on any atom is 0.313 e. The maximum absolute atomic E-state index is 13.1. The Bertz CT molecular complexity index is 688. The minimum absolute atomic E-state index is 0.0316. The van der Waals surface area contributed by atoms with Crippen LogP contribution in [0.15, 0.2) is 30.3 Å². The average molecular weight is 387 g/mol. The van der Waals surface area contributed by atoms with Crippen LogP contribution in [-0.2, 0) is 19.1 Å². The lowest BCUT2D eigenvalue weighted by Crippen LogP contribution is -2.58. The standard InChI is InChI=1S/C21H29N3O4/c1-2-3-11-23-12-13-24(21(27)20(23)26)18(16-7-5-4-6-8-16)19(25)22-17-9-14-28-15-10-17/h4-8,17-18H,2-3,9-15H2,1H3,(H,22,25). The molecular weight excluding hydrogens is 358 g/mol. The number of benzene rings is 1. The zero-order valence-corrected chi connectivity index (χ0v) is 16.4. The Morgan fingerprint density at radius 3 is 2.54 bits per heavy atom. The smallest absolute Gasteiger partial charge is 0.313 e. The highest BCUT2D eigenvalue weighted by molar-refractivity contribution is 6.35. The number of amides is 3. The van der Waals surface area contributed by atoms with E-state index in [2.05, 4.69) is 12.2 Å². The van der Waals surface area contributed by atoms with E-state index in [1.54, 1.807) is 4.90 Å². The summed E-state index contributed by atoms with van der Waals surface area (Å²) in [6.45, 7) is 4.68. The first kappa shape index (κ1) is 20.3. The molecule has 7 nitrogen and oxygen atoms in total. The molecule has 0 bridgehead atoms. The second kappa shape index (κ2) is 9.68. The summed E-state index contributed by atoms with van der Waals surface area (Å²) in [6.07, 6.45) is 3.34. The molecular formula is C21H29N3O4. The molecule has 28 heavy (non-hydrogen) atoms. The van der Waals surface area contributed by atoms with Gasteiger partial charge in [-0.05, 0) is 24.8 Å². The molecule has 1 atom stereocenters. The first-order valence-electron chi connectivity index (χ1n) is 10.1. The highest BCUT2D eigenvalue weighted by atomic mass is 16.5. The fraction of sp³-hybridized carbons (Fsp3) is 0.571. The van der Waals surface area contributed by atoms with Gasteiger partial charge in [0.15, 0.2) is 0 Å². The summed E-state index contributed by atoms with van der Waals surface area (Å²) in [5.74, 6) is -1.35. The summed E-state index contributed by atoms with van der Waals surface area (Å²) in [6, 6.07) is 8.44. The molecule has 3 rings (SSSR count). The second-order valence-electron chi connectivity index (χ2n) is 7.35. The zero-order valence-electron chi connectivity index (χ0n) is 16.4. The topological polar surface area (TPSA) is 79.0 Å². The van der Waals surface area contributed by atoms with Crippen LogP contribution in [0.5, 0.6) is 0 Å². The van der Waals surface area contributed by atoms with E-state index in [4.69, 9.17) is 4.74 Å². The fourth-order valence-electron chi connectivity index (χ4n) is 3.73. The normalized spacial score (nSPS) is 19.6. The van der Waals surface area contributed by atoms with Crippen molar-refractivity contribution in [1.82, 2.24) is 15.1 Å². The average Bonchev–Trinajstić information content (AvgIpc) is 2.72. The minimum Gasteiger partial charge on any atom is -0.381 e. The molecule has 0 saturated carbocycles.